The topological polar surface area (TPSA) is 181 Å². The third-order valence-electron chi connectivity index (χ3n) is 4.48. The molecule has 2 aliphatic rings. The molecular formula is C16H25BrO12. The summed E-state index contributed by atoms with van der Waals surface area (Å²) in [6.07, 6.45) is -12.8. The SMILES string of the molecule is CC(=O)OC[C@H]1OC(O)C(Br)[C@@H](OC(C)=O)[C@@H]1O[C@@H]1O[C@H](CO)[C@H](O)[C@H](O)[C@H]1O. The van der Waals surface area contributed by atoms with Gasteiger partial charge in [-0.25, -0.2) is 0 Å². The normalized spacial score (nSPS) is 42.9. The Morgan fingerprint density at radius 1 is 0.931 bits per heavy atom. The monoisotopic (exact) mass is 488 g/mol. The Bertz CT molecular complexity index is 574. The Labute approximate surface area is 174 Å². The van der Waals surface area contributed by atoms with Crippen LogP contribution < -0.4 is 0 Å². The number of hydrogen-bond donors (Lipinski definition) is 5. The molecule has 0 saturated carbocycles. The zero-order valence-corrected chi connectivity index (χ0v) is 17.2. The molecule has 5 N–H and O–H groups in total. The first kappa shape index (κ1) is 24.4. The lowest BCUT2D eigenvalue weighted by Crippen LogP contribution is -2.64. The van der Waals surface area contributed by atoms with E-state index in [1.807, 2.05) is 0 Å². The zero-order valence-electron chi connectivity index (χ0n) is 15.7. The summed E-state index contributed by atoms with van der Waals surface area (Å²) in [5.74, 6) is -1.35. The van der Waals surface area contributed by atoms with Crippen LogP contribution in [0.3, 0.4) is 0 Å². The molecule has 29 heavy (non-hydrogen) atoms. The van der Waals surface area contributed by atoms with Crippen molar-refractivity contribution in [1.29, 1.82) is 0 Å². The van der Waals surface area contributed by atoms with E-state index >= 15 is 0 Å². The van der Waals surface area contributed by atoms with E-state index in [0.717, 1.165) is 13.8 Å². The predicted molar refractivity (Wildman–Crippen MR) is 94.4 cm³/mol. The minimum absolute atomic E-state index is 0.383. The van der Waals surface area contributed by atoms with Gasteiger partial charge in [-0.15, -0.1) is 0 Å². The number of ether oxygens (including phenoxy) is 5. The number of rotatable bonds is 6. The fourth-order valence-electron chi connectivity index (χ4n) is 3.04. The average molecular weight is 489 g/mol. The molecule has 0 spiro atoms. The van der Waals surface area contributed by atoms with Gasteiger partial charge in [0.15, 0.2) is 12.6 Å². The molecule has 0 aliphatic carbocycles. The number of halogens is 1. The fraction of sp³-hybridized carbons (Fsp3) is 0.875. The number of carbonyl (C=O) groups is 2. The highest BCUT2D eigenvalue weighted by atomic mass is 79.9. The van der Waals surface area contributed by atoms with E-state index in [-0.39, 0.29) is 6.61 Å². The van der Waals surface area contributed by atoms with Gasteiger partial charge in [0, 0.05) is 13.8 Å². The van der Waals surface area contributed by atoms with Crippen LogP contribution in [0.5, 0.6) is 0 Å². The molecule has 2 aliphatic heterocycles. The molecule has 0 amide bonds. The van der Waals surface area contributed by atoms with Crippen LogP contribution in [0.1, 0.15) is 13.8 Å². The van der Waals surface area contributed by atoms with Gasteiger partial charge in [-0.3, -0.25) is 9.59 Å². The second kappa shape index (κ2) is 10.4. The van der Waals surface area contributed by atoms with Crippen molar-refractivity contribution in [2.45, 2.75) is 74.0 Å². The first-order valence-corrected chi connectivity index (χ1v) is 9.72. The summed E-state index contributed by atoms with van der Waals surface area (Å²) in [5.41, 5.74) is 0. The lowest BCUT2D eigenvalue weighted by atomic mass is 9.98. The highest BCUT2D eigenvalue weighted by molar-refractivity contribution is 9.09. The molecular weight excluding hydrogens is 464 g/mol. The molecule has 10 atom stereocenters. The number of hydrogen-bond acceptors (Lipinski definition) is 12. The highest BCUT2D eigenvalue weighted by Gasteiger charge is 2.52. The summed E-state index contributed by atoms with van der Waals surface area (Å²) in [7, 11) is 0. The van der Waals surface area contributed by atoms with E-state index in [9.17, 15) is 35.1 Å². The predicted octanol–water partition coefficient (Wildman–Crippen LogP) is -2.85. The van der Waals surface area contributed by atoms with Crippen LogP contribution in [0.25, 0.3) is 0 Å². The minimum Gasteiger partial charge on any atom is -0.463 e. The summed E-state index contributed by atoms with van der Waals surface area (Å²) in [4.78, 5) is 21.8. The van der Waals surface area contributed by atoms with E-state index in [1.165, 1.54) is 0 Å². The fourth-order valence-corrected chi connectivity index (χ4v) is 3.58. The van der Waals surface area contributed by atoms with Crippen LogP contribution in [0.2, 0.25) is 0 Å². The maximum Gasteiger partial charge on any atom is 0.303 e. The average Bonchev–Trinajstić information content (AvgIpc) is 2.65. The summed E-state index contributed by atoms with van der Waals surface area (Å²) in [5, 5.41) is 49.4. The standard InChI is InChI=1S/C16H25BrO12/c1-5(19)25-4-8-13(14(26-6(2)20)9(17)15(24)27-8)29-16-12(23)11(22)10(21)7(3-18)28-16/h7-16,18,21-24H,3-4H2,1-2H3/t7-,8-,9?,10+,11+,12-,13-,14-,15?,16+/m1/s1. The molecule has 0 radical (unpaired) electrons. The molecule has 168 valence electrons. The molecule has 0 aromatic rings. The van der Waals surface area contributed by atoms with Gasteiger partial charge in [0.2, 0.25) is 0 Å². The summed E-state index contributed by atoms with van der Waals surface area (Å²) >= 11 is 3.15. The molecule has 0 aromatic heterocycles. The first-order valence-electron chi connectivity index (χ1n) is 8.81. The van der Waals surface area contributed by atoms with Crippen molar-refractivity contribution >= 4 is 27.9 Å². The largest absolute Gasteiger partial charge is 0.463 e. The molecule has 0 aromatic carbocycles. The molecule has 2 saturated heterocycles. The Hall–Kier alpha value is -0.900. The third-order valence-corrected chi connectivity index (χ3v) is 5.46. The van der Waals surface area contributed by atoms with Crippen LogP contribution in [-0.4, -0.2) is 111 Å². The lowest BCUT2D eigenvalue weighted by molar-refractivity contribution is -0.341. The number of aliphatic hydroxyl groups is 5. The molecule has 13 heteroatoms. The van der Waals surface area contributed by atoms with Gasteiger partial charge in [0.25, 0.3) is 0 Å². The van der Waals surface area contributed by atoms with Crippen LogP contribution in [0.4, 0.5) is 0 Å². The Balaban J connectivity index is 2.27. The Morgan fingerprint density at radius 2 is 1.59 bits per heavy atom. The van der Waals surface area contributed by atoms with Crippen molar-refractivity contribution in [3.63, 3.8) is 0 Å². The van der Waals surface area contributed by atoms with Gasteiger partial charge in [0.05, 0.1) is 6.61 Å². The molecule has 0 bridgehead atoms. The zero-order chi connectivity index (χ0) is 21.9. The van der Waals surface area contributed by atoms with Crippen molar-refractivity contribution in [2.24, 2.45) is 0 Å². The van der Waals surface area contributed by atoms with Crippen LogP contribution in [-0.2, 0) is 33.3 Å². The second-order valence-corrected chi connectivity index (χ2v) is 7.74. The van der Waals surface area contributed by atoms with Crippen molar-refractivity contribution in [1.82, 2.24) is 0 Å². The third kappa shape index (κ3) is 5.83. The van der Waals surface area contributed by atoms with E-state index in [1.54, 1.807) is 0 Å². The number of aliphatic hydroxyl groups excluding tert-OH is 5. The van der Waals surface area contributed by atoms with Crippen molar-refractivity contribution < 1.29 is 58.8 Å². The summed E-state index contributed by atoms with van der Waals surface area (Å²) in [6, 6.07) is 0. The minimum atomic E-state index is -1.72. The van der Waals surface area contributed by atoms with E-state index in [0.29, 0.717) is 0 Å². The van der Waals surface area contributed by atoms with Crippen LogP contribution >= 0.6 is 15.9 Å². The Kier molecular flexibility index (Phi) is 8.75. The molecule has 2 heterocycles. The quantitative estimate of drug-likeness (QED) is 0.191. The van der Waals surface area contributed by atoms with Gasteiger partial charge in [-0.2, -0.15) is 0 Å². The second-order valence-electron chi connectivity index (χ2n) is 6.68. The van der Waals surface area contributed by atoms with Crippen molar-refractivity contribution in [3.05, 3.63) is 0 Å². The number of esters is 2. The number of alkyl halides is 1. The number of carbonyl (C=O) groups excluding carboxylic acids is 2. The first-order chi connectivity index (χ1) is 13.6. The molecule has 2 fully saturated rings. The molecule has 2 unspecified atom stereocenters. The van der Waals surface area contributed by atoms with E-state index < -0.39 is 78.7 Å². The van der Waals surface area contributed by atoms with Crippen molar-refractivity contribution in [2.75, 3.05) is 13.2 Å². The van der Waals surface area contributed by atoms with Crippen LogP contribution in [0, 0.1) is 0 Å². The maximum absolute atomic E-state index is 11.5. The van der Waals surface area contributed by atoms with Gasteiger partial charge in [-0.05, 0) is 0 Å². The summed E-state index contributed by atoms with van der Waals surface area (Å²) < 4.78 is 26.5. The lowest BCUT2D eigenvalue weighted by Gasteiger charge is -2.46. The summed E-state index contributed by atoms with van der Waals surface area (Å²) in [6.45, 7) is 1.24. The van der Waals surface area contributed by atoms with Crippen LogP contribution in [0.15, 0.2) is 0 Å². The van der Waals surface area contributed by atoms with E-state index in [4.69, 9.17) is 23.7 Å². The van der Waals surface area contributed by atoms with E-state index in [2.05, 4.69) is 15.9 Å². The Morgan fingerprint density at radius 3 is 2.14 bits per heavy atom. The highest BCUT2D eigenvalue weighted by Crippen LogP contribution is 2.33. The molecule has 2 rings (SSSR count). The smallest absolute Gasteiger partial charge is 0.303 e. The van der Waals surface area contributed by atoms with Gasteiger partial charge in [-0.1, -0.05) is 15.9 Å². The molecule has 12 nitrogen and oxygen atoms in total. The van der Waals surface area contributed by atoms with Crippen molar-refractivity contribution in [3.8, 4) is 0 Å². The van der Waals surface area contributed by atoms with Gasteiger partial charge >= 0.3 is 11.9 Å². The van der Waals surface area contributed by atoms with Gasteiger partial charge < -0.3 is 49.2 Å². The maximum atomic E-state index is 11.5. The van der Waals surface area contributed by atoms with Gasteiger partial charge in [0.1, 0.15) is 54.2 Å².